The number of halogens is 1. The maximum atomic E-state index is 12.4. The van der Waals surface area contributed by atoms with E-state index in [0.717, 1.165) is 17.0 Å². The maximum Gasteiger partial charge on any atom is 0.254 e. The van der Waals surface area contributed by atoms with Gasteiger partial charge in [-0.25, -0.2) is 0 Å². The van der Waals surface area contributed by atoms with E-state index < -0.39 is 5.72 Å². The number of hydrogen-bond donors (Lipinski definition) is 1. The highest BCUT2D eigenvalue weighted by Gasteiger charge is 2.41. The van der Waals surface area contributed by atoms with Gasteiger partial charge in [0.25, 0.3) is 5.91 Å². The fraction of sp³-hybridized carbons (Fsp3) is 0.368. The first kappa shape index (κ1) is 22.5. The molecule has 0 fully saturated rings. The lowest BCUT2D eigenvalue weighted by Gasteiger charge is -2.39. The Morgan fingerprint density at radius 3 is 2.48 bits per heavy atom. The van der Waals surface area contributed by atoms with E-state index in [4.69, 9.17) is 9.57 Å². The van der Waals surface area contributed by atoms with Crippen molar-refractivity contribution in [3.05, 3.63) is 53.3 Å². The van der Waals surface area contributed by atoms with Gasteiger partial charge in [-0.05, 0) is 36.8 Å². The second kappa shape index (κ2) is 9.43. The molecule has 0 aromatic heterocycles. The summed E-state index contributed by atoms with van der Waals surface area (Å²) in [6.45, 7) is 2.07. The number of amides is 1. The number of likely N-dealkylation sites (N-methyl/N-ethyl adjacent to an activating group) is 2. The van der Waals surface area contributed by atoms with Crippen molar-refractivity contribution in [3.63, 3.8) is 0 Å². The number of carbonyl (C=O) groups excluding carboxylic acids is 1. The lowest BCUT2D eigenvalue weighted by atomic mass is 9.96. The highest BCUT2D eigenvalue weighted by Crippen LogP contribution is 2.28. The second-order valence-corrected chi connectivity index (χ2v) is 6.23. The summed E-state index contributed by atoms with van der Waals surface area (Å²) in [7, 11) is 6.56. The van der Waals surface area contributed by atoms with Gasteiger partial charge in [0.15, 0.2) is 0 Å². The molecule has 0 aliphatic carbocycles. The van der Waals surface area contributed by atoms with Gasteiger partial charge in [0.1, 0.15) is 18.6 Å². The zero-order chi connectivity index (χ0) is 19.3. The Bertz CT molecular complexity index is 744. The summed E-state index contributed by atoms with van der Waals surface area (Å²) in [5.41, 5.74) is 0.222. The number of rotatable bonds is 6. The van der Waals surface area contributed by atoms with Gasteiger partial charge in [-0.2, -0.15) is 0 Å². The Morgan fingerprint density at radius 2 is 1.93 bits per heavy atom. The maximum absolute atomic E-state index is 12.4. The van der Waals surface area contributed by atoms with E-state index in [1.165, 1.54) is 11.1 Å². The molecule has 1 N–H and O–H groups in total. The Morgan fingerprint density at radius 1 is 1.30 bits per heavy atom. The number of carbonyl (C=O) groups is 1. The van der Waals surface area contributed by atoms with Crippen LogP contribution >= 0.6 is 12.4 Å². The van der Waals surface area contributed by atoms with Crippen molar-refractivity contribution in [1.82, 2.24) is 9.80 Å². The Labute approximate surface area is 165 Å². The first-order valence-electron chi connectivity index (χ1n) is 8.16. The van der Waals surface area contributed by atoms with Crippen molar-refractivity contribution in [1.29, 1.82) is 0 Å². The predicted octanol–water partition coefficient (Wildman–Crippen LogP) is 2.17. The molecule has 1 aromatic carbocycles. The van der Waals surface area contributed by atoms with E-state index in [9.17, 15) is 9.90 Å². The summed E-state index contributed by atoms with van der Waals surface area (Å²) >= 11 is 0. The predicted molar refractivity (Wildman–Crippen MR) is 107 cm³/mol. The molecule has 1 unspecified atom stereocenters. The standard InChI is InChI=1S/C19H25N3O4.ClH/c1-14-6-11-17(18(23)21(2)3)19(24,22(14)4)13-20-26-12-15-7-9-16(25-5)10-8-15;/h6-11,13,24H,12H2,1-5H3;1H. The van der Waals surface area contributed by atoms with Crippen LogP contribution in [0.15, 0.2) is 52.8 Å². The molecule has 1 heterocycles. The molecule has 7 nitrogen and oxygen atoms in total. The van der Waals surface area contributed by atoms with Crippen LogP contribution in [0.4, 0.5) is 0 Å². The molecule has 148 valence electrons. The first-order chi connectivity index (χ1) is 12.3. The van der Waals surface area contributed by atoms with Crippen molar-refractivity contribution < 1.29 is 19.5 Å². The van der Waals surface area contributed by atoms with Crippen LogP contribution in [-0.2, 0) is 16.2 Å². The number of aliphatic hydroxyl groups is 1. The third-order valence-corrected chi connectivity index (χ3v) is 4.26. The molecular formula is C19H26ClN3O4. The highest BCUT2D eigenvalue weighted by atomic mass is 35.5. The van der Waals surface area contributed by atoms with Gasteiger partial charge in [0.2, 0.25) is 5.72 Å². The highest BCUT2D eigenvalue weighted by molar-refractivity contribution is 6.00. The van der Waals surface area contributed by atoms with Crippen molar-refractivity contribution in [3.8, 4) is 5.75 Å². The van der Waals surface area contributed by atoms with E-state index >= 15 is 0 Å². The topological polar surface area (TPSA) is 74.6 Å². The van der Waals surface area contributed by atoms with Gasteiger partial charge in [-0.3, -0.25) is 4.79 Å². The van der Waals surface area contributed by atoms with Crippen LogP contribution in [0.2, 0.25) is 0 Å². The molecule has 0 spiro atoms. The molecular weight excluding hydrogens is 370 g/mol. The number of ether oxygens (including phenoxy) is 1. The van der Waals surface area contributed by atoms with Gasteiger partial charge in [-0.1, -0.05) is 17.3 Å². The zero-order valence-electron chi connectivity index (χ0n) is 16.2. The molecule has 0 saturated carbocycles. The number of benzene rings is 1. The molecule has 0 radical (unpaired) electrons. The van der Waals surface area contributed by atoms with Gasteiger partial charge >= 0.3 is 0 Å². The third-order valence-electron chi connectivity index (χ3n) is 4.26. The number of allylic oxidation sites excluding steroid dienone is 3. The fourth-order valence-corrected chi connectivity index (χ4v) is 2.46. The summed E-state index contributed by atoms with van der Waals surface area (Å²) < 4.78 is 5.11. The Balaban J connectivity index is 0.00000364. The van der Waals surface area contributed by atoms with Crippen LogP contribution in [0, 0.1) is 0 Å². The number of nitrogens with zero attached hydrogens (tertiary/aromatic N) is 3. The van der Waals surface area contributed by atoms with Crippen molar-refractivity contribution in [2.45, 2.75) is 19.3 Å². The van der Waals surface area contributed by atoms with E-state index in [1.807, 2.05) is 31.2 Å². The second-order valence-electron chi connectivity index (χ2n) is 6.23. The minimum absolute atomic E-state index is 0. The summed E-state index contributed by atoms with van der Waals surface area (Å²) in [6, 6.07) is 7.39. The van der Waals surface area contributed by atoms with Gasteiger partial charge in [0, 0.05) is 26.8 Å². The summed E-state index contributed by atoms with van der Waals surface area (Å²) in [5, 5.41) is 15.0. The largest absolute Gasteiger partial charge is 0.497 e. The minimum Gasteiger partial charge on any atom is -0.497 e. The van der Waals surface area contributed by atoms with Gasteiger partial charge in [0.05, 0.1) is 12.7 Å². The smallest absolute Gasteiger partial charge is 0.254 e. The zero-order valence-corrected chi connectivity index (χ0v) is 17.0. The van der Waals surface area contributed by atoms with Crippen molar-refractivity contribution >= 4 is 24.5 Å². The molecule has 8 heteroatoms. The van der Waals surface area contributed by atoms with E-state index in [1.54, 1.807) is 45.3 Å². The van der Waals surface area contributed by atoms with E-state index in [-0.39, 0.29) is 30.5 Å². The van der Waals surface area contributed by atoms with Crippen LogP contribution in [0.25, 0.3) is 0 Å². The summed E-state index contributed by atoms with van der Waals surface area (Å²) in [4.78, 5) is 20.7. The molecule has 27 heavy (non-hydrogen) atoms. The molecule has 1 aromatic rings. The van der Waals surface area contributed by atoms with Crippen LogP contribution in [0.3, 0.4) is 0 Å². The molecule has 1 aliphatic heterocycles. The lowest BCUT2D eigenvalue weighted by Crippen LogP contribution is -2.53. The molecule has 1 atom stereocenters. The van der Waals surface area contributed by atoms with Crippen LogP contribution in [-0.4, -0.2) is 61.0 Å². The number of oxime groups is 1. The van der Waals surface area contributed by atoms with Crippen molar-refractivity contribution in [2.75, 3.05) is 28.3 Å². The Kier molecular flexibility index (Phi) is 7.87. The quantitative estimate of drug-likeness (QED) is 0.590. The van der Waals surface area contributed by atoms with E-state index in [2.05, 4.69) is 5.16 Å². The third kappa shape index (κ3) is 5.02. The first-order valence-corrected chi connectivity index (χ1v) is 8.16. The number of hydrogen-bond acceptors (Lipinski definition) is 6. The molecule has 1 aliphatic rings. The van der Waals surface area contributed by atoms with Crippen LogP contribution in [0.5, 0.6) is 5.75 Å². The molecule has 1 amide bonds. The van der Waals surface area contributed by atoms with Crippen molar-refractivity contribution in [2.24, 2.45) is 5.16 Å². The minimum atomic E-state index is -1.68. The monoisotopic (exact) mass is 395 g/mol. The SMILES string of the molecule is COc1ccc(CON=CC2(O)C(C(=O)N(C)C)=CC=C(C)N2C)cc1.Cl. The van der Waals surface area contributed by atoms with Crippen LogP contribution < -0.4 is 4.74 Å². The average molecular weight is 396 g/mol. The summed E-state index contributed by atoms with van der Waals surface area (Å²) in [6.07, 6.45) is 4.62. The summed E-state index contributed by atoms with van der Waals surface area (Å²) in [5.74, 6) is 0.458. The fourth-order valence-electron chi connectivity index (χ4n) is 2.46. The molecule has 0 saturated heterocycles. The lowest BCUT2D eigenvalue weighted by molar-refractivity contribution is -0.128. The normalized spacial score (nSPS) is 19.1. The molecule has 2 rings (SSSR count). The van der Waals surface area contributed by atoms with Gasteiger partial charge < -0.3 is 24.5 Å². The molecule has 0 bridgehead atoms. The van der Waals surface area contributed by atoms with E-state index in [0.29, 0.717) is 0 Å². The number of methoxy groups -OCH3 is 1. The Hall–Kier alpha value is -2.51. The van der Waals surface area contributed by atoms with Gasteiger partial charge in [-0.15, -0.1) is 12.4 Å². The average Bonchev–Trinajstić information content (AvgIpc) is 2.63. The van der Waals surface area contributed by atoms with Crippen LogP contribution in [0.1, 0.15) is 12.5 Å².